The first-order valence-corrected chi connectivity index (χ1v) is 10.7. The van der Waals surface area contributed by atoms with Gasteiger partial charge in [0, 0.05) is 36.4 Å². The summed E-state index contributed by atoms with van der Waals surface area (Å²) in [6, 6.07) is 7.76. The van der Waals surface area contributed by atoms with Gasteiger partial charge in [-0.15, -0.1) is 0 Å². The fourth-order valence-electron chi connectivity index (χ4n) is 4.99. The van der Waals surface area contributed by atoms with E-state index in [9.17, 15) is 9.59 Å². The number of hydrogen-bond donors (Lipinski definition) is 0. The third kappa shape index (κ3) is 3.33. The molecule has 29 heavy (non-hydrogen) atoms. The molecule has 6 heteroatoms. The molecule has 3 aliphatic rings. The van der Waals surface area contributed by atoms with E-state index < -0.39 is 0 Å². The van der Waals surface area contributed by atoms with Gasteiger partial charge in [-0.3, -0.25) is 9.59 Å². The first-order chi connectivity index (χ1) is 14.0. The zero-order valence-electron chi connectivity index (χ0n) is 17.0. The Labute approximate surface area is 170 Å². The number of furan rings is 1. The maximum atomic E-state index is 12.9. The van der Waals surface area contributed by atoms with Crippen LogP contribution in [0.5, 0.6) is 0 Å². The van der Waals surface area contributed by atoms with Crippen molar-refractivity contribution in [1.82, 2.24) is 9.80 Å². The van der Waals surface area contributed by atoms with Crippen molar-refractivity contribution in [3.8, 4) is 0 Å². The molecule has 3 fully saturated rings. The van der Waals surface area contributed by atoms with Gasteiger partial charge in [-0.25, -0.2) is 0 Å². The average Bonchev–Trinajstić information content (AvgIpc) is 3.05. The molecule has 154 valence electrons. The van der Waals surface area contributed by atoms with Crippen LogP contribution < -0.4 is 0 Å². The number of carbonyl (C=O) groups excluding carboxylic acids is 2. The molecular weight excluding hydrogens is 368 g/mol. The predicted molar refractivity (Wildman–Crippen MR) is 109 cm³/mol. The minimum atomic E-state index is -0.210. The second-order valence-corrected chi connectivity index (χ2v) is 8.91. The number of fused-ring (bicyclic) bond motifs is 1. The molecule has 4 heterocycles. The minimum Gasteiger partial charge on any atom is -0.451 e. The third-order valence-electron chi connectivity index (χ3n) is 6.82. The molecule has 0 N–H and O–H groups in total. The van der Waals surface area contributed by atoms with Crippen LogP contribution in [-0.4, -0.2) is 60.0 Å². The van der Waals surface area contributed by atoms with E-state index >= 15 is 0 Å². The molecule has 2 amide bonds. The van der Waals surface area contributed by atoms with Crippen molar-refractivity contribution in [3.63, 3.8) is 0 Å². The lowest BCUT2D eigenvalue weighted by molar-refractivity contribution is -0.170. The molecule has 1 aromatic carbocycles. The second-order valence-electron chi connectivity index (χ2n) is 8.91. The normalized spacial score (nSPS) is 24.2. The van der Waals surface area contributed by atoms with Crippen LogP contribution in [0.15, 0.2) is 28.7 Å². The number of rotatable bonds is 3. The Balaban J connectivity index is 1.17. The zero-order chi connectivity index (χ0) is 20.0. The SMILES string of the molecule is Cc1c(C(=O)N2CC3(CCC(CN4CCCCC4=O)CO3)C2)oc2ccccc12. The molecule has 1 aromatic heterocycles. The monoisotopic (exact) mass is 396 g/mol. The maximum Gasteiger partial charge on any atom is 0.290 e. The van der Waals surface area contributed by atoms with Crippen molar-refractivity contribution >= 4 is 22.8 Å². The fraction of sp³-hybridized carbons (Fsp3) is 0.565. The van der Waals surface area contributed by atoms with Crippen molar-refractivity contribution in [1.29, 1.82) is 0 Å². The number of nitrogens with zero attached hydrogens (tertiary/aromatic N) is 2. The van der Waals surface area contributed by atoms with Crippen molar-refractivity contribution in [2.24, 2.45) is 5.92 Å². The lowest BCUT2D eigenvalue weighted by Gasteiger charge is -2.52. The summed E-state index contributed by atoms with van der Waals surface area (Å²) in [5, 5.41) is 0.995. The summed E-state index contributed by atoms with van der Waals surface area (Å²) in [6.45, 7) is 5.57. The van der Waals surface area contributed by atoms with Gasteiger partial charge in [-0.2, -0.15) is 0 Å². The van der Waals surface area contributed by atoms with Crippen molar-refractivity contribution in [2.45, 2.75) is 44.6 Å². The van der Waals surface area contributed by atoms with E-state index in [4.69, 9.17) is 9.15 Å². The van der Waals surface area contributed by atoms with E-state index in [-0.39, 0.29) is 17.4 Å². The topological polar surface area (TPSA) is 63.0 Å². The first-order valence-electron chi connectivity index (χ1n) is 10.7. The first kappa shape index (κ1) is 18.7. The van der Waals surface area contributed by atoms with Gasteiger partial charge in [0.05, 0.1) is 19.7 Å². The van der Waals surface area contributed by atoms with Crippen LogP contribution in [0.1, 0.15) is 48.2 Å². The van der Waals surface area contributed by atoms with Gasteiger partial charge >= 0.3 is 0 Å². The summed E-state index contributed by atoms with van der Waals surface area (Å²) in [4.78, 5) is 28.8. The molecule has 3 aliphatic heterocycles. The highest BCUT2D eigenvalue weighted by Crippen LogP contribution is 2.38. The van der Waals surface area contributed by atoms with Gasteiger partial charge in [0.1, 0.15) is 11.2 Å². The smallest absolute Gasteiger partial charge is 0.290 e. The number of hydrogen-bond acceptors (Lipinski definition) is 4. The lowest BCUT2D eigenvalue weighted by Crippen LogP contribution is -2.66. The third-order valence-corrected chi connectivity index (χ3v) is 6.82. The Morgan fingerprint density at radius 3 is 2.79 bits per heavy atom. The average molecular weight is 396 g/mol. The van der Waals surface area contributed by atoms with Crippen LogP contribution in [0.4, 0.5) is 0 Å². The molecule has 0 bridgehead atoms. The second kappa shape index (κ2) is 7.17. The Morgan fingerprint density at radius 2 is 2.07 bits per heavy atom. The summed E-state index contributed by atoms with van der Waals surface area (Å²) in [7, 11) is 0. The quantitative estimate of drug-likeness (QED) is 0.798. The highest BCUT2D eigenvalue weighted by molar-refractivity contribution is 5.99. The van der Waals surface area contributed by atoms with Gasteiger partial charge in [0.25, 0.3) is 5.91 Å². The molecule has 5 rings (SSSR count). The molecule has 1 spiro atoms. The number of aryl methyl sites for hydroxylation is 1. The molecule has 1 unspecified atom stereocenters. The van der Waals surface area contributed by atoms with Crippen LogP contribution in [0.2, 0.25) is 0 Å². The highest BCUT2D eigenvalue weighted by atomic mass is 16.5. The van der Waals surface area contributed by atoms with Gasteiger partial charge in [0.15, 0.2) is 5.76 Å². The van der Waals surface area contributed by atoms with E-state index in [1.165, 1.54) is 0 Å². The molecule has 0 saturated carbocycles. The van der Waals surface area contributed by atoms with Crippen molar-refractivity contribution in [2.75, 3.05) is 32.8 Å². The summed E-state index contributed by atoms with van der Waals surface area (Å²) in [5.41, 5.74) is 1.45. The number of likely N-dealkylation sites (tertiary alicyclic amines) is 2. The van der Waals surface area contributed by atoms with Crippen LogP contribution >= 0.6 is 0 Å². The Kier molecular flexibility index (Phi) is 4.62. The molecule has 6 nitrogen and oxygen atoms in total. The molecule has 0 aliphatic carbocycles. The zero-order valence-corrected chi connectivity index (χ0v) is 17.0. The fourth-order valence-corrected chi connectivity index (χ4v) is 4.99. The van der Waals surface area contributed by atoms with Gasteiger partial charge in [0.2, 0.25) is 5.91 Å². The number of ether oxygens (including phenoxy) is 1. The Hall–Kier alpha value is -2.34. The van der Waals surface area contributed by atoms with Gasteiger partial charge in [-0.1, -0.05) is 18.2 Å². The van der Waals surface area contributed by atoms with Crippen LogP contribution in [0.3, 0.4) is 0 Å². The van der Waals surface area contributed by atoms with Crippen molar-refractivity contribution in [3.05, 3.63) is 35.6 Å². The van der Waals surface area contributed by atoms with E-state index in [1.807, 2.05) is 41.0 Å². The largest absolute Gasteiger partial charge is 0.451 e. The van der Waals surface area contributed by atoms with E-state index in [0.717, 1.165) is 55.3 Å². The summed E-state index contributed by atoms with van der Waals surface area (Å²) in [6.07, 6.45) is 4.82. The number of para-hydroxylation sites is 1. The Bertz CT molecular complexity index is 934. The molecule has 2 aromatic rings. The summed E-state index contributed by atoms with van der Waals surface area (Å²) < 4.78 is 12.1. The molecule has 1 atom stereocenters. The summed E-state index contributed by atoms with van der Waals surface area (Å²) >= 11 is 0. The number of amides is 2. The van der Waals surface area contributed by atoms with E-state index in [2.05, 4.69) is 0 Å². The molecule has 3 saturated heterocycles. The highest BCUT2D eigenvalue weighted by Gasteiger charge is 2.49. The van der Waals surface area contributed by atoms with Crippen LogP contribution in [-0.2, 0) is 9.53 Å². The van der Waals surface area contributed by atoms with Gasteiger partial charge < -0.3 is 19.0 Å². The number of benzene rings is 1. The van der Waals surface area contributed by atoms with Gasteiger partial charge in [-0.05, 0) is 38.7 Å². The molecule has 0 radical (unpaired) electrons. The predicted octanol–water partition coefficient (Wildman–Crippen LogP) is 3.37. The maximum absolute atomic E-state index is 12.9. The minimum absolute atomic E-state index is 0.0473. The number of piperidine rings is 1. The van der Waals surface area contributed by atoms with E-state index in [0.29, 0.717) is 37.8 Å². The summed E-state index contributed by atoms with van der Waals surface area (Å²) in [5.74, 6) is 1.09. The lowest BCUT2D eigenvalue weighted by atomic mass is 9.82. The molecular formula is C23H28N2O4. The number of carbonyl (C=O) groups is 2. The standard InChI is InChI=1S/C23H28N2O4/c1-16-18-6-2-3-7-19(18)29-21(16)22(27)25-14-23(15-25)10-9-17(13-28-23)12-24-11-5-4-8-20(24)26/h2-3,6-7,17H,4-5,8-15H2,1H3. The van der Waals surface area contributed by atoms with Crippen LogP contribution in [0.25, 0.3) is 11.0 Å². The van der Waals surface area contributed by atoms with E-state index in [1.54, 1.807) is 0 Å². The van der Waals surface area contributed by atoms with Crippen LogP contribution in [0, 0.1) is 12.8 Å². The van der Waals surface area contributed by atoms with Crippen molar-refractivity contribution < 1.29 is 18.7 Å². The Morgan fingerprint density at radius 1 is 1.24 bits per heavy atom.